The maximum Gasteiger partial charge on any atom is 0.244 e. The third-order valence-electron chi connectivity index (χ3n) is 7.57. The van der Waals surface area contributed by atoms with E-state index in [1.54, 1.807) is 38.1 Å². The summed E-state index contributed by atoms with van der Waals surface area (Å²) in [4.78, 5) is 13.6. The number of carbonyl (C=O) groups excluding carboxylic acids is 1. The van der Waals surface area contributed by atoms with Crippen LogP contribution in [0.4, 0.5) is 0 Å². The highest BCUT2D eigenvalue weighted by atomic mass is 32.2. The molecule has 2 aliphatic rings. The van der Waals surface area contributed by atoms with Crippen LogP contribution < -0.4 is 5.32 Å². The van der Waals surface area contributed by atoms with Crippen LogP contribution >= 0.6 is 0 Å². The zero-order valence-corrected chi connectivity index (χ0v) is 24.2. The molecule has 2 aromatic rings. The topological polar surface area (TPSA) is 104 Å². The molecule has 2 fully saturated rings. The second-order valence-corrected chi connectivity index (χ2v) is 14.4. The predicted octanol–water partition coefficient (Wildman–Crippen LogP) is 4.04. The Kier molecular flexibility index (Phi) is 8.96. The molecule has 1 heterocycles. The fraction of sp³-hybridized carbons (Fsp3) is 0.536. The third kappa shape index (κ3) is 6.30. The number of nitrogens with zero attached hydrogens (tertiary/aromatic N) is 2. The highest BCUT2D eigenvalue weighted by Crippen LogP contribution is 2.31. The highest BCUT2D eigenvalue weighted by Gasteiger charge is 2.35. The van der Waals surface area contributed by atoms with Gasteiger partial charge in [0, 0.05) is 25.7 Å². The summed E-state index contributed by atoms with van der Waals surface area (Å²) in [6, 6.07) is 10.0. The molecule has 8 nitrogen and oxygen atoms in total. The molecule has 0 unspecified atom stereocenters. The Bertz CT molecular complexity index is 1340. The Morgan fingerprint density at radius 1 is 0.895 bits per heavy atom. The molecule has 1 aliphatic heterocycles. The van der Waals surface area contributed by atoms with Crippen LogP contribution in [0.1, 0.15) is 67.2 Å². The SMILES string of the molecule is Cc1cc(C)c(S(=O)(=O)N(CC(=O)NCc2ccc(S(=O)(=O)N3CCCC3)cc2)C2CCCCC2)c(C)c1. The summed E-state index contributed by atoms with van der Waals surface area (Å²) in [7, 11) is -7.38. The summed E-state index contributed by atoms with van der Waals surface area (Å²) in [5.41, 5.74) is 3.12. The van der Waals surface area contributed by atoms with Crippen LogP contribution in [0.15, 0.2) is 46.2 Å². The van der Waals surface area contributed by atoms with Crippen molar-refractivity contribution >= 4 is 26.0 Å². The number of hydrogen-bond donors (Lipinski definition) is 1. The first-order valence-corrected chi connectivity index (χ1v) is 16.3. The van der Waals surface area contributed by atoms with E-state index in [2.05, 4.69) is 5.32 Å². The Morgan fingerprint density at radius 3 is 2.05 bits per heavy atom. The van der Waals surface area contributed by atoms with Crippen LogP contribution in [0, 0.1) is 20.8 Å². The Morgan fingerprint density at radius 2 is 1.47 bits per heavy atom. The van der Waals surface area contributed by atoms with Gasteiger partial charge in [0.2, 0.25) is 26.0 Å². The summed E-state index contributed by atoms with van der Waals surface area (Å²) in [5.74, 6) is -0.379. The van der Waals surface area contributed by atoms with Gasteiger partial charge in [-0.1, -0.05) is 49.1 Å². The van der Waals surface area contributed by atoms with Crippen molar-refractivity contribution < 1.29 is 21.6 Å². The van der Waals surface area contributed by atoms with E-state index in [0.29, 0.717) is 24.2 Å². The first-order valence-electron chi connectivity index (χ1n) is 13.5. The van der Waals surface area contributed by atoms with Gasteiger partial charge in [0.05, 0.1) is 16.3 Å². The molecule has 1 aliphatic carbocycles. The standard InChI is InChI=1S/C28H39N3O5S2/c1-21-17-22(2)28(23(3)18-21)38(35,36)31(25-9-5-4-6-10-25)20-27(32)29-19-24-11-13-26(14-12-24)37(33,34)30-15-7-8-16-30/h11-14,17-18,25H,4-10,15-16,19-20H2,1-3H3,(H,29,32). The van der Waals surface area contributed by atoms with Crippen molar-refractivity contribution in [1.82, 2.24) is 13.9 Å². The monoisotopic (exact) mass is 561 g/mol. The van der Waals surface area contributed by atoms with Gasteiger partial charge in [-0.05, 0) is 75.3 Å². The van der Waals surface area contributed by atoms with Crippen LogP contribution in [-0.2, 0) is 31.4 Å². The highest BCUT2D eigenvalue weighted by molar-refractivity contribution is 7.89. The van der Waals surface area contributed by atoms with Gasteiger partial charge in [0.15, 0.2) is 0 Å². The molecule has 1 N–H and O–H groups in total. The van der Waals surface area contributed by atoms with Crippen molar-refractivity contribution in [3.8, 4) is 0 Å². The number of carbonyl (C=O) groups is 1. The maximum absolute atomic E-state index is 13.9. The summed E-state index contributed by atoms with van der Waals surface area (Å²) in [6.45, 7) is 6.58. The van der Waals surface area contributed by atoms with Gasteiger partial charge in [-0.2, -0.15) is 8.61 Å². The molecule has 0 atom stereocenters. The average molecular weight is 562 g/mol. The van der Waals surface area contributed by atoms with Crippen molar-refractivity contribution in [1.29, 1.82) is 0 Å². The van der Waals surface area contributed by atoms with E-state index in [9.17, 15) is 21.6 Å². The molecule has 0 radical (unpaired) electrons. The molecule has 10 heteroatoms. The lowest BCUT2D eigenvalue weighted by atomic mass is 9.95. The second-order valence-electron chi connectivity index (χ2n) is 10.6. The summed E-state index contributed by atoms with van der Waals surface area (Å²) >= 11 is 0. The molecule has 208 valence electrons. The number of nitrogens with one attached hydrogen (secondary N) is 1. The largest absolute Gasteiger partial charge is 0.351 e. The number of benzene rings is 2. The van der Waals surface area contributed by atoms with Crippen molar-refractivity contribution in [2.45, 2.75) is 88.1 Å². The van der Waals surface area contributed by atoms with Gasteiger partial charge < -0.3 is 5.32 Å². The van der Waals surface area contributed by atoms with Gasteiger partial charge >= 0.3 is 0 Å². The first-order chi connectivity index (χ1) is 18.0. The zero-order valence-electron chi connectivity index (χ0n) is 22.6. The molecule has 0 aromatic heterocycles. The minimum absolute atomic E-state index is 0.185. The van der Waals surface area contributed by atoms with E-state index < -0.39 is 20.0 Å². The van der Waals surface area contributed by atoms with E-state index in [1.165, 1.54) is 8.61 Å². The number of aryl methyl sites for hydroxylation is 3. The number of rotatable bonds is 9. The fourth-order valence-electron chi connectivity index (χ4n) is 5.73. The van der Waals surface area contributed by atoms with Crippen LogP contribution in [0.2, 0.25) is 0 Å². The molecule has 1 saturated carbocycles. The van der Waals surface area contributed by atoms with Crippen molar-refractivity contribution in [3.63, 3.8) is 0 Å². The smallest absolute Gasteiger partial charge is 0.244 e. The van der Waals surface area contributed by atoms with Gasteiger partial charge in [-0.3, -0.25) is 4.79 Å². The quantitative estimate of drug-likeness (QED) is 0.498. The van der Waals surface area contributed by atoms with E-state index in [1.807, 2.05) is 19.1 Å². The van der Waals surface area contributed by atoms with Crippen molar-refractivity contribution in [3.05, 3.63) is 58.7 Å². The van der Waals surface area contributed by atoms with E-state index in [4.69, 9.17) is 0 Å². The van der Waals surface area contributed by atoms with Crippen LogP contribution in [-0.4, -0.2) is 57.0 Å². The van der Waals surface area contributed by atoms with E-state index in [0.717, 1.165) is 56.1 Å². The summed E-state index contributed by atoms with van der Waals surface area (Å²) in [5, 5.41) is 2.84. The minimum Gasteiger partial charge on any atom is -0.351 e. The predicted molar refractivity (Wildman–Crippen MR) is 148 cm³/mol. The Hall–Kier alpha value is -2.27. The van der Waals surface area contributed by atoms with Crippen LogP contribution in [0.25, 0.3) is 0 Å². The Balaban J connectivity index is 1.47. The molecule has 1 amide bonds. The second kappa shape index (κ2) is 11.9. The Labute approximate surface area is 227 Å². The molecular weight excluding hydrogens is 522 g/mol. The number of amides is 1. The molecule has 0 bridgehead atoms. The minimum atomic E-state index is -3.89. The van der Waals surface area contributed by atoms with Gasteiger partial charge in [0.1, 0.15) is 0 Å². The molecular formula is C28H39N3O5S2. The van der Waals surface area contributed by atoms with E-state index >= 15 is 0 Å². The third-order valence-corrected chi connectivity index (χ3v) is 11.7. The van der Waals surface area contributed by atoms with Crippen molar-refractivity contribution in [2.75, 3.05) is 19.6 Å². The zero-order chi connectivity index (χ0) is 27.5. The van der Waals surface area contributed by atoms with Crippen LogP contribution in [0.3, 0.4) is 0 Å². The number of sulfonamides is 2. The normalized spacial score (nSPS) is 17.7. The molecule has 1 saturated heterocycles. The maximum atomic E-state index is 13.9. The van der Waals surface area contributed by atoms with Gasteiger partial charge in [-0.25, -0.2) is 16.8 Å². The first kappa shape index (κ1) is 28.7. The summed E-state index contributed by atoms with van der Waals surface area (Å²) in [6.07, 6.45) is 6.18. The lowest BCUT2D eigenvalue weighted by Gasteiger charge is -2.33. The van der Waals surface area contributed by atoms with E-state index in [-0.39, 0.29) is 34.8 Å². The molecule has 4 rings (SSSR count). The lowest BCUT2D eigenvalue weighted by Crippen LogP contribution is -2.47. The van der Waals surface area contributed by atoms with Gasteiger partial charge in [0.25, 0.3) is 0 Å². The fourth-order valence-corrected chi connectivity index (χ4v) is 9.30. The lowest BCUT2D eigenvalue weighted by molar-refractivity contribution is -0.121. The summed E-state index contributed by atoms with van der Waals surface area (Å²) < 4.78 is 56.3. The van der Waals surface area contributed by atoms with Crippen LogP contribution in [0.5, 0.6) is 0 Å². The average Bonchev–Trinajstić information content (AvgIpc) is 3.42. The molecule has 38 heavy (non-hydrogen) atoms. The number of hydrogen-bond acceptors (Lipinski definition) is 5. The van der Waals surface area contributed by atoms with Gasteiger partial charge in [-0.15, -0.1) is 0 Å². The van der Waals surface area contributed by atoms with Crippen molar-refractivity contribution in [2.24, 2.45) is 0 Å². The molecule has 0 spiro atoms. The molecule has 2 aromatic carbocycles.